The zero-order chi connectivity index (χ0) is 20.5. The van der Waals surface area contributed by atoms with E-state index in [4.69, 9.17) is 0 Å². The van der Waals surface area contributed by atoms with E-state index in [9.17, 15) is 0 Å². The molecule has 0 spiro atoms. The van der Waals surface area contributed by atoms with Gasteiger partial charge in [0.15, 0.2) is 5.13 Å². The molecule has 0 saturated carbocycles. The fraction of sp³-hybridized carbons (Fsp3) is 0.292. The minimum atomic E-state index is 0.810. The van der Waals surface area contributed by atoms with Gasteiger partial charge in [-0.1, -0.05) is 55.1 Å². The van der Waals surface area contributed by atoms with E-state index in [-0.39, 0.29) is 0 Å². The van der Waals surface area contributed by atoms with Crippen LogP contribution >= 0.6 is 11.3 Å². The van der Waals surface area contributed by atoms with Crippen molar-refractivity contribution in [3.8, 4) is 0 Å². The summed E-state index contributed by atoms with van der Waals surface area (Å²) in [6.45, 7) is 13.3. The van der Waals surface area contributed by atoms with Crippen molar-refractivity contribution in [3.05, 3.63) is 83.4 Å². The number of thiazole rings is 1. The van der Waals surface area contributed by atoms with Crippen LogP contribution in [0.4, 0.5) is 10.8 Å². The van der Waals surface area contributed by atoms with E-state index in [0.29, 0.717) is 0 Å². The lowest BCUT2D eigenvalue weighted by atomic mass is 10.1. The second kappa shape index (κ2) is 10.8. The third-order valence-corrected chi connectivity index (χ3v) is 5.60. The summed E-state index contributed by atoms with van der Waals surface area (Å²) < 4.78 is 0. The highest BCUT2D eigenvalue weighted by Gasteiger charge is 2.11. The number of para-hydroxylation sites is 1. The van der Waals surface area contributed by atoms with E-state index < -0.39 is 0 Å². The van der Waals surface area contributed by atoms with Gasteiger partial charge < -0.3 is 15.5 Å². The van der Waals surface area contributed by atoms with Crippen molar-refractivity contribution in [1.29, 1.82) is 0 Å². The largest absolute Gasteiger partial charge is 0.369 e. The van der Waals surface area contributed by atoms with E-state index >= 15 is 0 Å². The monoisotopic (exact) mass is 406 g/mol. The Labute approximate surface area is 178 Å². The molecule has 152 valence electrons. The van der Waals surface area contributed by atoms with Gasteiger partial charge in [-0.3, -0.25) is 0 Å². The van der Waals surface area contributed by atoms with Gasteiger partial charge in [0.25, 0.3) is 0 Å². The normalized spacial score (nSPS) is 13.4. The second-order valence-corrected chi connectivity index (χ2v) is 8.04. The number of hydrogen-bond acceptors (Lipinski definition) is 5. The summed E-state index contributed by atoms with van der Waals surface area (Å²) in [6, 6.07) is 18.9. The maximum Gasteiger partial charge on any atom is 0.183 e. The summed E-state index contributed by atoms with van der Waals surface area (Å²) in [5, 5.41) is 9.63. The Morgan fingerprint density at radius 2 is 1.79 bits per heavy atom. The van der Waals surface area contributed by atoms with E-state index in [1.807, 2.05) is 30.5 Å². The average Bonchev–Trinajstić information content (AvgIpc) is 3.24. The van der Waals surface area contributed by atoms with Crippen LogP contribution < -0.4 is 15.5 Å². The molecular weight excluding hydrogens is 376 g/mol. The summed E-state index contributed by atoms with van der Waals surface area (Å²) in [4.78, 5) is 6.88. The van der Waals surface area contributed by atoms with E-state index in [1.165, 1.54) is 16.8 Å². The molecule has 1 aromatic heterocycles. The predicted octanol–water partition coefficient (Wildman–Crippen LogP) is 5.19. The van der Waals surface area contributed by atoms with Gasteiger partial charge in [0.05, 0.1) is 5.69 Å². The molecule has 2 N–H and O–H groups in total. The number of anilines is 2. The smallest absolute Gasteiger partial charge is 0.183 e. The minimum absolute atomic E-state index is 0.810. The summed E-state index contributed by atoms with van der Waals surface area (Å²) in [7, 11) is 0. The van der Waals surface area contributed by atoms with Crippen LogP contribution in [0.5, 0.6) is 0 Å². The van der Waals surface area contributed by atoms with Crippen LogP contribution in [0.3, 0.4) is 0 Å². The number of benzene rings is 2. The van der Waals surface area contributed by atoms with Crippen molar-refractivity contribution >= 4 is 27.7 Å². The van der Waals surface area contributed by atoms with Crippen LogP contribution in [0, 0.1) is 6.92 Å². The number of rotatable bonds is 5. The number of nitrogens with zero attached hydrogens (tertiary/aromatic N) is 2. The molecule has 0 aliphatic carbocycles. The molecule has 0 unspecified atom stereocenters. The van der Waals surface area contributed by atoms with Gasteiger partial charge in [-0.15, -0.1) is 11.3 Å². The van der Waals surface area contributed by atoms with Crippen LogP contribution in [-0.4, -0.2) is 31.2 Å². The molecule has 0 atom stereocenters. The van der Waals surface area contributed by atoms with E-state index in [1.54, 1.807) is 11.3 Å². The van der Waals surface area contributed by atoms with Gasteiger partial charge in [-0.05, 0) is 36.6 Å². The maximum absolute atomic E-state index is 4.43. The van der Waals surface area contributed by atoms with Crippen molar-refractivity contribution in [2.24, 2.45) is 0 Å². The Kier molecular flexibility index (Phi) is 7.85. The second-order valence-electron chi connectivity index (χ2n) is 7.18. The summed E-state index contributed by atoms with van der Waals surface area (Å²) in [6.07, 6.45) is 0. The third kappa shape index (κ3) is 6.44. The highest BCUT2D eigenvalue weighted by Crippen LogP contribution is 2.21. The lowest BCUT2D eigenvalue weighted by molar-refractivity contribution is 0.588. The number of nitrogens with one attached hydrogen (secondary N) is 2. The molecule has 0 bridgehead atoms. The fourth-order valence-corrected chi connectivity index (χ4v) is 3.93. The zero-order valence-corrected chi connectivity index (χ0v) is 18.1. The van der Waals surface area contributed by atoms with Gasteiger partial charge in [0.2, 0.25) is 0 Å². The number of hydrogen-bond donors (Lipinski definition) is 2. The Hall–Kier alpha value is -2.63. The topological polar surface area (TPSA) is 40.2 Å². The lowest BCUT2D eigenvalue weighted by Crippen LogP contribution is -2.43. The van der Waals surface area contributed by atoms with Gasteiger partial charge in [-0.2, -0.15) is 0 Å². The molecule has 4 nitrogen and oxygen atoms in total. The van der Waals surface area contributed by atoms with Crippen LogP contribution in [-0.2, 0) is 6.54 Å². The Morgan fingerprint density at radius 3 is 2.45 bits per heavy atom. The third-order valence-electron chi connectivity index (χ3n) is 4.80. The average molecular weight is 407 g/mol. The highest BCUT2D eigenvalue weighted by atomic mass is 32.1. The SMILES string of the molecule is C=C(C)c1csc(NCc2ccccc2)n1.Cc1ccccc1N1CCNCC1. The lowest BCUT2D eigenvalue weighted by Gasteiger charge is -2.30. The predicted molar refractivity (Wildman–Crippen MR) is 127 cm³/mol. The first-order valence-electron chi connectivity index (χ1n) is 10.0. The molecule has 2 aromatic carbocycles. The first-order valence-corrected chi connectivity index (χ1v) is 10.9. The van der Waals surface area contributed by atoms with Gasteiger partial charge in [0.1, 0.15) is 0 Å². The molecule has 29 heavy (non-hydrogen) atoms. The highest BCUT2D eigenvalue weighted by molar-refractivity contribution is 7.13. The van der Waals surface area contributed by atoms with Gasteiger partial charge in [0, 0.05) is 43.8 Å². The first kappa shape index (κ1) is 21.1. The molecule has 1 aliphatic heterocycles. The zero-order valence-electron chi connectivity index (χ0n) is 17.3. The number of aromatic nitrogens is 1. The molecule has 0 radical (unpaired) electrons. The first-order chi connectivity index (χ1) is 14.1. The molecule has 1 fully saturated rings. The molecular formula is C24H30N4S. The van der Waals surface area contributed by atoms with Gasteiger partial charge in [-0.25, -0.2) is 4.98 Å². The number of allylic oxidation sites excluding steroid dienone is 1. The molecule has 2 heterocycles. The number of piperazine rings is 1. The van der Waals surface area contributed by atoms with Crippen molar-refractivity contribution in [2.45, 2.75) is 20.4 Å². The minimum Gasteiger partial charge on any atom is -0.369 e. The number of aryl methyl sites for hydroxylation is 1. The van der Waals surface area contributed by atoms with Crippen molar-refractivity contribution in [3.63, 3.8) is 0 Å². The van der Waals surface area contributed by atoms with Crippen molar-refractivity contribution < 1.29 is 0 Å². The standard InChI is InChI=1S/C13H14N2S.C11H16N2/c1-10(2)12-9-16-13(15-12)14-8-11-6-4-3-5-7-11;1-10-4-2-3-5-11(10)13-8-6-12-7-9-13/h3-7,9H,1,8H2,2H3,(H,14,15);2-5,12H,6-9H2,1H3. The molecule has 1 saturated heterocycles. The van der Waals surface area contributed by atoms with Crippen molar-refractivity contribution in [1.82, 2.24) is 10.3 Å². The summed E-state index contributed by atoms with van der Waals surface area (Å²) >= 11 is 1.61. The molecule has 1 aliphatic rings. The molecule has 0 amide bonds. The summed E-state index contributed by atoms with van der Waals surface area (Å²) in [5.41, 5.74) is 6.01. The fourth-order valence-electron chi connectivity index (χ4n) is 3.15. The maximum atomic E-state index is 4.43. The quantitative estimate of drug-likeness (QED) is 0.611. The Balaban J connectivity index is 0.000000169. The van der Waals surface area contributed by atoms with Crippen LogP contribution in [0.1, 0.15) is 23.7 Å². The molecule has 3 aromatic rings. The summed E-state index contributed by atoms with van der Waals surface area (Å²) in [5.74, 6) is 0. The van der Waals surface area contributed by atoms with Crippen LogP contribution in [0.25, 0.3) is 5.57 Å². The van der Waals surface area contributed by atoms with Crippen molar-refractivity contribution in [2.75, 3.05) is 36.4 Å². The van der Waals surface area contributed by atoms with Gasteiger partial charge >= 0.3 is 0 Å². The van der Waals surface area contributed by atoms with E-state index in [2.05, 4.69) is 70.4 Å². The Bertz CT molecular complexity index is 898. The Morgan fingerprint density at radius 1 is 1.10 bits per heavy atom. The molecule has 4 rings (SSSR count). The van der Waals surface area contributed by atoms with Crippen LogP contribution in [0.15, 0.2) is 66.6 Å². The molecule has 5 heteroatoms. The van der Waals surface area contributed by atoms with Crippen LogP contribution in [0.2, 0.25) is 0 Å². The van der Waals surface area contributed by atoms with E-state index in [0.717, 1.165) is 49.1 Å².